The predicted molar refractivity (Wildman–Crippen MR) is 95.0 cm³/mol. The fourth-order valence-corrected chi connectivity index (χ4v) is 2.85. The molecular formula is C18H20ClN3O2. The van der Waals surface area contributed by atoms with Crippen LogP contribution >= 0.6 is 11.6 Å². The van der Waals surface area contributed by atoms with Crippen molar-refractivity contribution in [1.82, 2.24) is 10.3 Å². The van der Waals surface area contributed by atoms with Crippen molar-refractivity contribution in [3.05, 3.63) is 52.8 Å². The van der Waals surface area contributed by atoms with Crippen molar-refractivity contribution in [3.63, 3.8) is 0 Å². The Labute approximate surface area is 146 Å². The molecule has 1 aromatic carbocycles. The van der Waals surface area contributed by atoms with Gasteiger partial charge in [0.2, 0.25) is 0 Å². The fraction of sp³-hybridized carbons (Fsp3) is 0.333. The minimum absolute atomic E-state index is 0.128. The molecule has 1 aliphatic heterocycles. The van der Waals surface area contributed by atoms with Gasteiger partial charge in [0, 0.05) is 23.9 Å². The van der Waals surface area contributed by atoms with Gasteiger partial charge in [-0.15, -0.1) is 0 Å². The number of carbonyl (C=O) groups excluding carboxylic acids is 1. The van der Waals surface area contributed by atoms with Crippen LogP contribution in [0, 0.1) is 6.92 Å². The van der Waals surface area contributed by atoms with Gasteiger partial charge in [0.05, 0.1) is 18.0 Å². The van der Waals surface area contributed by atoms with E-state index in [0.717, 1.165) is 36.4 Å². The van der Waals surface area contributed by atoms with Crippen molar-refractivity contribution < 1.29 is 9.53 Å². The Balaban J connectivity index is 1.59. The number of benzene rings is 1. The molecule has 0 saturated carbocycles. The number of anilines is 2. The highest BCUT2D eigenvalue weighted by molar-refractivity contribution is 6.30. The van der Waals surface area contributed by atoms with Gasteiger partial charge in [0.25, 0.3) is 5.91 Å². The van der Waals surface area contributed by atoms with Crippen molar-refractivity contribution >= 4 is 28.9 Å². The number of aromatic nitrogens is 1. The first-order chi connectivity index (χ1) is 11.6. The zero-order chi connectivity index (χ0) is 16.9. The molecule has 1 atom stereocenters. The second kappa shape index (κ2) is 7.64. The summed E-state index contributed by atoms with van der Waals surface area (Å²) in [6, 6.07) is 9.18. The highest BCUT2D eigenvalue weighted by atomic mass is 35.5. The van der Waals surface area contributed by atoms with Crippen molar-refractivity contribution in [3.8, 4) is 0 Å². The summed E-state index contributed by atoms with van der Waals surface area (Å²) in [7, 11) is 0. The third kappa shape index (κ3) is 4.24. The summed E-state index contributed by atoms with van der Waals surface area (Å²) in [5, 5.41) is 6.84. The van der Waals surface area contributed by atoms with Gasteiger partial charge in [0.15, 0.2) is 0 Å². The molecule has 1 amide bonds. The first-order valence-electron chi connectivity index (χ1n) is 8.01. The lowest BCUT2D eigenvalue weighted by Crippen LogP contribution is -2.32. The summed E-state index contributed by atoms with van der Waals surface area (Å²) in [5.74, 6) is -0.181. The van der Waals surface area contributed by atoms with Crippen LogP contribution < -0.4 is 10.6 Å². The van der Waals surface area contributed by atoms with Crippen molar-refractivity contribution in [2.24, 2.45) is 0 Å². The second-order valence-electron chi connectivity index (χ2n) is 5.86. The topological polar surface area (TPSA) is 63.2 Å². The average molecular weight is 346 g/mol. The number of carbonyl (C=O) groups is 1. The van der Waals surface area contributed by atoms with E-state index in [0.29, 0.717) is 17.3 Å². The molecule has 5 nitrogen and oxygen atoms in total. The summed E-state index contributed by atoms with van der Waals surface area (Å²) >= 11 is 5.96. The van der Waals surface area contributed by atoms with Gasteiger partial charge in [-0.3, -0.25) is 4.79 Å². The Kier molecular flexibility index (Phi) is 5.33. The van der Waals surface area contributed by atoms with E-state index in [1.165, 1.54) is 0 Å². The van der Waals surface area contributed by atoms with E-state index in [4.69, 9.17) is 16.3 Å². The normalized spacial score (nSPS) is 16.8. The molecule has 1 unspecified atom stereocenters. The van der Waals surface area contributed by atoms with Gasteiger partial charge < -0.3 is 15.4 Å². The van der Waals surface area contributed by atoms with Gasteiger partial charge in [-0.05, 0) is 55.7 Å². The van der Waals surface area contributed by atoms with Crippen LogP contribution in [0.2, 0.25) is 5.02 Å². The van der Waals surface area contributed by atoms with Gasteiger partial charge in [0.1, 0.15) is 5.69 Å². The van der Waals surface area contributed by atoms with Crippen LogP contribution in [0.4, 0.5) is 11.4 Å². The Hall–Kier alpha value is -2.11. The Morgan fingerprint density at radius 1 is 1.38 bits per heavy atom. The molecule has 2 N–H and O–H groups in total. The summed E-state index contributed by atoms with van der Waals surface area (Å²) < 4.78 is 5.49. The number of halogens is 1. The van der Waals surface area contributed by atoms with Gasteiger partial charge in [-0.25, -0.2) is 4.98 Å². The third-order valence-electron chi connectivity index (χ3n) is 3.98. The monoisotopic (exact) mass is 345 g/mol. The van der Waals surface area contributed by atoms with E-state index in [1.54, 1.807) is 12.3 Å². The molecule has 1 aliphatic rings. The van der Waals surface area contributed by atoms with Gasteiger partial charge >= 0.3 is 0 Å². The SMILES string of the molecule is Cc1cc(Cl)ccc1Nc1ccc(C(=O)NCC2CCCO2)nc1. The predicted octanol–water partition coefficient (Wildman–Crippen LogP) is 3.70. The molecule has 2 heterocycles. The van der Waals surface area contributed by atoms with E-state index in [9.17, 15) is 4.79 Å². The van der Waals surface area contributed by atoms with Crippen LogP contribution in [0.3, 0.4) is 0 Å². The van der Waals surface area contributed by atoms with Crippen LogP contribution in [0.1, 0.15) is 28.9 Å². The second-order valence-corrected chi connectivity index (χ2v) is 6.30. The highest BCUT2D eigenvalue weighted by Gasteiger charge is 2.17. The zero-order valence-electron chi connectivity index (χ0n) is 13.5. The van der Waals surface area contributed by atoms with Crippen LogP contribution in [0.5, 0.6) is 0 Å². The Morgan fingerprint density at radius 3 is 2.92 bits per heavy atom. The molecule has 1 saturated heterocycles. The van der Waals surface area contributed by atoms with E-state index in [1.807, 2.05) is 31.2 Å². The number of ether oxygens (including phenoxy) is 1. The lowest BCUT2D eigenvalue weighted by Gasteiger charge is -2.11. The molecule has 0 spiro atoms. The van der Waals surface area contributed by atoms with Crippen molar-refractivity contribution in [2.75, 3.05) is 18.5 Å². The van der Waals surface area contributed by atoms with Crippen LogP contribution in [0.25, 0.3) is 0 Å². The number of aryl methyl sites for hydroxylation is 1. The number of amides is 1. The zero-order valence-corrected chi connectivity index (χ0v) is 14.3. The van der Waals surface area contributed by atoms with Crippen LogP contribution in [0.15, 0.2) is 36.5 Å². The molecule has 24 heavy (non-hydrogen) atoms. The molecule has 2 aromatic rings. The summed E-state index contributed by atoms with van der Waals surface area (Å²) in [5.41, 5.74) is 3.21. The van der Waals surface area contributed by atoms with Crippen LogP contribution in [-0.4, -0.2) is 30.1 Å². The fourth-order valence-electron chi connectivity index (χ4n) is 2.63. The number of hydrogen-bond acceptors (Lipinski definition) is 4. The number of nitrogens with zero attached hydrogens (tertiary/aromatic N) is 1. The molecule has 1 fully saturated rings. The number of hydrogen-bond donors (Lipinski definition) is 2. The number of rotatable bonds is 5. The summed E-state index contributed by atoms with van der Waals surface area (Å²) in [4.78, 5) is 16.3. The quantitative estimate of drug-likeness (QED) is 0.867. The molecule has 126 valence electrons. The minimum atomic E-state index is -0.181. The third-order valence-corrected chi connectivity index (χ3v) is 4.21. The molecule has 0 aliphatic carbocycles. The minimum Gasteiger partial charge on any atom is -0.376 e. The van der Waals surface area contributed by atoms with Gasteiger partial charge in [-0.2, -0.15) is 0 Å². The summed E-state index contributed by atoms with van der Waals surface area (Å²) in [6.45, 7) is 3.29. The van der Waals surface area contributed by atoms with Crippen molar-refractivity contribution in [1.29, 1.82) is 0 Å². The number of nitrogens with one attached hydrogen (secondary N) is 2. The van der Waals surface area contributed by atoms with E-state index < -0.39 is 0 Å². The van der Waals surface area contributed by atoms with Crippen LogP contribution in [-0.2, 0) is 4.74 Å². The van der Waals surface area contributed by atoms with Crippen molar-refractivity contribution in [2.45, 2.75) is 25.9 Å². The summed E-state index contributed by atoms with van der Waals surface area (Å²) in [6.07, 6.45) is 3.83. The largest absolute Gasteiger partial charge is 0.376 e. The molecule has 3 rings (SSSR count). The maximum atomic E-state index is 12.1. The van der Waals surface area contributed by atoms with E-state index in [2.05, 4.69) is 15.6 Å². The van der Waals surface area contributed by atoms with E-state index >= 15 is 0 Å². The Bertz CT molecular complexity index is 713. The maximum absolute atomic E-state index is 12.1. The lowest BCUT2D eigenvalue weighted by molar-refractivity contribution is 0.0854. The first kappa shape index (κ1) is 16.7. The lowest BCUT2D eigenvalue weighted by atomic mass is 10.2. The molecular weight excluding hydrogens is 326 g/mol. The Morgan fingerprint density at radius 2 is 2.25 bits per heavy atom. The smallest absolute Gasteiger partial charge is 0.269 e. The van der Waals surface area contributed by atoms with E-state index in [-0.39, 0.29) is 12.0 Å². The first-order valence-corrected chi connectivity index (χ1v) is 8.38. The molecule has 0 radical (unpaired) electrons. The molecule has 0 bridgehead atoms. The molecule has 6 heteroatoms. The molecule has 1 aromatic heterocycles. The highest BCUT2D eigenvalue weighted by Crippen LogP contribution is 2.23. The maximum Gasteiger partial charge on any atom is 0.269 e. The van der Waals surface area contributed by atoms with Gasteiger partial charge in [-0.1, -0.05) is 11.6 Å². The standard InChI is InChI=1S/C18H20ClN3O2/c1-12-9-13(19)4-6-16(12)22-14-5-7-17(20-10-14)18(23)21-11-15-3-2-8-24-15/h4-7,9-10,15,22H,2-3,8,11H2,1H3,(H,21,23). The average Bonchev–Trinajstić information content (AvgIpc) is 3.09. The number of pyridine rings is 1.